The molecule has 0 spiro atoms. The maximum Gasteiger partial charge on any atom is 0.0948 e. The average molecular weight is 286 g/mol. The first-order valence-electron chi connectivity index (χ1n) is 7.39. The summed E-state index contributed by atoms with van der Waals surface area (Å²) >= 11 is 1.80. The minimum atomic E-state index is 0.634. The molecule has 20 heavy (non-hydrogen) atoms. The molecule has 3 rings (SSSR count). The van der Waals surface area contributed by atoms with E-state index in [2.05, 4.69) is 43.6 Å². The van der Waals surface area contributed by atoms with Crippen molar-refractivity contribution in [1.82, 2.24) is 10.3 Å². The highest BCUT2D eigenvalue weighted by molar-refractivity contribution is 7.09. The van der Waals surface area contributed by atoms with Crippen LogP contribution in [0.1, 0.15) is 34.5 Å². The molecular weight excluding hydrogens is 264 g/mol. The Balaban J connectivity index is 1.84. The van der Waals surface area contributed by atoms with Gasteiger partial charge < -0.3 is 5.32 Å². The van der Waals surface area contributed by atoms with E-state index in [1.165, 1.54) is 46.6 Å². The summed E-state index contributed by atoms with van der Waals surface area (Å²) in [5, 5.41) is 7.02. The minimum Gasteiger partial charge on any atom is -0.314 e. The fourth-order valence-corrected chi connectivity index (χ4v) is 3.78. The van der Waals surface area contributed by atoms with Crippen molar-refractivity contribution in [3.05, 3.63) is 39.2 Å². The molecule has 0 saturated carbocycles. The predicted octanol–water partition coefficient (Wildman–Crippen LogP) is 4.03. The van der Waals surface area contributed by atoms with E-state index >= 15 is 0 Å². The fourth-order valence-electron chi connectivity index (χ4n) is 2.91. The molecule has 1 aliphatic heterocycles. The lowest BCUT2D eigenvalue weighted by Crippen LogP contribution is -2.23. The van der Waals surface area contributed by atoms with E-state index in [9.17, 15) is 0 Å². The van der Waals surface area contributed by atoms with E-state index in [-0.39, 0.29) is 0 Å². The van der Waals surface area contributed by atoms with Crippen LogP contribution in [-0.2, 0) is 6.42 Å². The van der Waals surface area contributed by atoms with Crippen LogP contribution in [0.3, 0.4) is 0 Å². The topological polar surface area (TPSA) is 24.9 Å². The van der Waals surface area contributed by atoms with Gasteiger partial charge in [0.05, 0.1) is 10.7 Å². The van der Waals surface area contributed by atoms with Crippen LogP contribution in [-0.4, -0.2) is 17.6 Å². The van der Waals surface area contributed by atoms with Crippen LogP contribution in [0.25, 0.3) is 11.3 Å². The monoisotopic (exact) mass is 286 g/mol. The first-order chi connectivity index (χ1) is 9.63. The normalized spacial score (nSPS) is 18.6. The van der Waals surface area contributed by atoms with Crippen molar-refractivity contribution in [2.75, 3.05) is 6.54 Å². The Bertz CT molecular complexity index is 609. The molecule has 1 unspecified atom stereocenters. The standard InChI is InChI=1S/C17H22N2S/c1-11-7-13(3)15(8-12(11)2)16-10-20-17(19-16)9-14-5-4-6-18-14/h7-8,10,14,18H,4-6,9H2,1-3H3. The Kier molecular flexibility index (Phi) is 3.90. The van der Waals surface area contributed by atoms with Crippen molar-refractivity contribution in [3.8, 4) is 11.3 Å². The van der Waals surface area contributed by atoms with Gasteiger partial charge in [-0.15, -0.1) is 11.3 Å². The van der Waals surface area contributed by atoms with Crippen molar-refractivity contribution in [1.29, 1.82) is 0 Å². The third-order valence-corrected chi connectivity index (χ3v) is 5.12. The Labute approximate surface area is 125 Å². The molecule has 1 aromatic carbocycles. The Morgan fingerprint density at radius 1 is 1.20 bits per heavy atom. The number of aryl methyl sites for hydroxylation is 3. The molecule has 2 heterocycles. The first kappa shape index (κ1) is 13.8. The second-order valence-electron chi connectivity index (χ2n) is 5.88. The van der Waals surface area contributed by atoms with Gasteiger partial charge in [-0.3, -0.25) is 0 Å². The number of nitrogens with zero attached hydrogens (tertiary/aromatic N) is 1. The van der Waals surface area contributed by atoms with E-state index in [0.29, 0.717) is 6.04 Å². The SMILES string of the molecule is Cc1cc(C)c(-c2csc(CC3CCCN3)n2)cc1C. The molecule has 2 nitrogen and oxygen atoms in total. The predicted molar refractivity (Wildman–Crippen MR) is 86.5 cm³/mol. The van der Waals surface area contributed by atoms with Gasteiger partial charge in [0.1, 0.15) is 0 Å². The zero-order valence-electron chi connectivity index (χ0n) is 12.5. The molecule has 0 aliphatic carbocycles. The molecule has 0 bridgehead atoms. The molecule has 1 fully saturated rings. The molecule has 3 heteroatoms. The van der Waals surface area contributed by atoms with E-state index in [0.717, 1.165) is 12.1 Å². The summed E-state index contributed by atoms with van der Waals surface area (Å²) in [7, 11) is 0. The highest BCUT2D eigenvalue weighted by Gasteiger charge is 2.17. The summed E-state index contributed by atoms with van der Waals surface area (Å²) in [4.78, 5) is 4.85. The van der Waals surface area contributed by atoms with Crippen molar-refractivity contribution >= 4 is 11.3 Å². The summed E-state index contributed by atoms with van der Waals surface area (Å²) in [6.07, 6.45) is 3.67. The van der Waals surface area contributed by atoms with E-state index < -0.39 is 0 Å². The lowest BCUT2D eigenvalue weighted by atomic mass is 9.99. The van der Waals surface area contributed by atoms with Gasteiger partial charge in [-0.25, -0.2) is 4.98 Å². The largest absolute Gasteiger partial charge is 0.314 e. The Morgan fingerprint density at radius 3 is 2.75 bits per heavy atom. The van der Waals surface area contributed by atoms with Crippen molar-refractivity contribution in [2.45, 2.75) is 46.1 Å². The highest BCUT2D eigenvalue weighted by Crippen LogP contribution is 2.28. The second kappa shape index (κ2) is 5.66. The molecule has 106 valence electrons. The average Bonchev–Trinajstić information content (AvgIpc) is 3.06. The summed E-state index contributed by atoms with van der Waals surface area (Å²) in [6, 6.07) is 5.18. The number of hydrogen-bond donors (Lipinski definition) is 1. The van der Waals surface area contributed by atoms with Gasteiger partial charge in [0.25, 0.3) is 0 Å². The summed E-state index contributed by atoms with van der Waals surface area (Å²) in [5.41, 5.74) is 6.46. The number of hydrogen-bond acceptors (Lipinski definition) is 3. The lowest BCUT2D eigenvalue weighted by molar-refractivity contribution is 0.601. The summed E-state index contributed by atoms with van der Waals surface area (Å²) < 4.78 is 0. The summed E-state index contributed by atoms with van der Waals surface area (Å²) in [5.74, 6) is 0. The van der Waals surface area contributed by atoms with Crippen LogP contribution in [0.4, 0.5) is 0 Å². The molecule has 1 aromatic heterocycles. The van der Waals surface area contributed by atoms with E-state index in [4.69, 9.17) is 4.98 Å². The number of thiazole rings is 1. The summed E-state index contributed by atoms with van der Waals surface area (Å²) in [6.45, 7) is 7.69. The van der Waals surface area contributed by atoms with E-state index in [1.54, 1.807) is 11.3 Å². The van der Waals surface area contributed by atoms with Gasteiger partial charge in [0.2, 0.25) is 0 Å². The van der Waals surface area contributed by atoms with Gasteiger partial charge in [-0.1, -0.05) is 6.07 Å². The number of aromatic nitrogens is 1. The van der Waals surface area contributed by atoms with Gasteiger partial charge in [-0.05, 0) is 62.9 Å². The molecule has 1 atom stereocenters. The Morgan fingerprint density at radius 2 is 2.00 bits per heavy atom. The number of rotatable bonds is 3. The first-order valence-corrected chi connectivity index (χ1v) is 8.27. The second-order valence-corrected chi connectivity index (χ2v) is 6.82. The van der Waals surface area contributed by atoms with Gasteiger partial charge in [0.15, 0.2) is 0 Å². The number of benzene rings is 1. The molecular formula is C17H22N2S. The Hall–Kier alpha value is -1.19. The zero-order valence-corrected chi connectivity index (χ0v) is 13.3. The zero-order chi connectivity index (χ0) is 14.1. The molecule has 0 radical (unpaired) electrons. The van der Waals surface area contributed by atoms with Crippen LogP contribution >= 0.6 is 11.3 Å². The van der Waals surface area contributed by atoms with Crippen molar-refractivity contribution in [2.24, 2.45) is 0 Å². The van der Waals surface area contributed by atoms with Crippen LogP contribution in [0.15, 0.2) is 17.5 Å². The van der Waals surface area contributed by atoms with Gasteiger partial charge >= 0.3 is 0 Å². The molecule has 1 N–H and O–H groups in total. The molecule has 0 amide bonds. The third kappa shape index (κ3) is 2.79. The third-order valence-electron chi connectivity index (χ3n) is 4.25. The van der Waals surface area contributed by atoms with Crippen molar-refractivity contribution in [3.63, 3.8) is 0 Å². The fraction of sp³-hybridized carbons (Fsp3) is 0.471. The van der Waals surface area contributed by atoms with Crippen LogP contribution in [0, 0.1) is 20.8 Å². The molecule has 2 aromatic rings. The van der Waals surface area contributed by atoms with Crippen LogP contribution < -0.4 is 5.32 Å². The maximum absolute atomic E-state index is 4.85. The highest BCUT2D eigenvalue weighted by atomic mass is 32.1. The van der Waals surface area contributed by atoms with E-state index in [1.807, 2.05) is 0 Å². The van der Waals surface area contributed by atoms with Gasteiger partial charge in [0, 0.05) is 23.4 Å². The number of nitrogens with one attached hydrogen (secondary N) is 1. The van der Waals surface area contributed by atoms with Crippen molar-refractivity contribution < 1.29 is 0 Å². The van der Waals surface area contributed by atoms with Gasteiger partial charge in [-0.2, -0.15) is 0 Å². The van der Waals surface area contributed by atoms with Crippen LogP contribution in [0.2, 0.25) is 0 Å². The quantitative estimate of drug-likeness (QED) is 0.921. The minimum absolute atomic E-state index is 0.634. The molecule has 1 saturated heterocycles. The van der Waals surface area contributed by atoms with Crippen LogP contribution in [0.5, 0.6) is 0 Å². The lowest BCUT2D eigenvalue weighted by Gasteiger charge is -2.08. The molecule has 1 aliphatic rings. The smallest absolute Gasteiger partial charge is 0.0948 e. The maximum atomic E-state index is 4.85.